The van der Waals surface area contributed by atoms with E-state index < -0.39 is 5.60 Å². The number of imidazole rings is 1. The molecule has 4 aromatic heterocycles. The molecule has 0 saturated heterocycles. The van der Waals surface area contributed by atoms with Crippen LogP contribution in [0, 0.1) is 0 Å². The molecule has 0 spiro atoms. The molecule has 0 bridgehead atoms. The van der Waals surface area contributed by atoms with Crippen molar-refractivity contribution in [3.8, 4) is 22.9 Å². The number of methoxy groups -OCH3 is 1. The Morgan fingerprint density at radius 1 is 1.22 bits per heavy atom. The summed E-state index contributed by atoms with van der Waals surface area (Å²) in [7, 11) is 1.64. The standard InChI is InChI=1S/C34H32N8O4/c1-34(45)11-10-21(15-23(34)18-43)33(44)38-27-9-6-20-16-24(7-8-25(20)27)42-31(26-5-3-12-36-30(26)35)40-29-22(19-46-2)17-28(39-32(29)42)41-14-4-13-37-41/h3-5,7-8,10,12-18,27,45H,6,9,11,19H2,1-2H3,(H2,35,36)(H,38,44)/t27-,34?/m0/s1. The number of pyridine rings is 2. The quantitative estimate of drug-likeness (QED) is 0.221. The number of rotatable bonds is 8. The number of aromatic nitrogens is 6. The molecule has 4 N–H and O–H groups in total. The van der Waals surface area contributed by atoms with Crippen molar-refractivity contribution in [2.24, 2.45) is 0 Å². The van der Waals surface area contributed by atoms with Crippen molar-refractivity contribution in [1.82, 2.24) is 34.6 Å². The molecule has 1 aromatic carbocycles. The van der Waals surface area contributed by atoms with Gasteiger partial charge in [-0.25, -0.2) is 19.6 Å². The SMILES string of the molecule is COCc1cc(-n2cccn2)nc2c1nc(-c1cccnc1N)n2-c1ccc2c(c1)CC[C@@H]2NC(=O)C1=CCC(C)(O)C(C=O)=C1. The zero-order valence-electron chi connectivity index (χ0n) is 25.3. The average molecular weight is 617 g/mol. The second-order valence-electron chi connectivity index (χ2n) is 11.7. The molecule has 4 heterocycles. The third-order valence-corrected chi connectivity index (χ3v) is 8.61. The highest BCUT2D eigenvalue weighted by molar-refractivity contribution is 5.99. The maximum Gasteiger partial charge on any atom is 0.251 e. The molecule has 0 saturated carbocycles. The number of hydrogen-bond acceptors (Lipinski definition) is 9. The van der Waals surface area contributed by atoms with Crippen molar-refractivity contribution in [2.45, 2.75) is 44.4 Å². The summed E-state index contributed by atoms with van der Waals surface area (Å²) < 4.78 is 9.22. The van der Waals surface area contributed by atoms with E-state index in [9.17, 15) is 14.7 Å². The monoisotopic (exact) mass is 616 g/mol. The zero-order valence-corrected chi connectivity index (χ0v) is 25.3. The minimum atomic E-state index is -1.28. The Bertz CT molecular complexity index is 2060. The third kappa shape index (κ3) is 5.07. The fourth-order valence-corrected chi connectivity index (χ4v) is 6.18. The lowest BCUT2D eigenvalue weighted by atomic mass is 9.86. The summed E-state index contributed by atoms with van der Waals surface area (Å²) in [6, 6.07) is 13.3. The van der Waals surface area contributed by atoms with Gasteiger partial charge in [0.1, 0.15) is 17.6 Å². The van der Waals surface area contributed by atoms with Crippen LogP contribution < -0.4 is 11.1 Å². The minimum absolute atomic E-state index is 0.187. The maximum atomic E-state index is 13.2. The molecule has 0 fully saturated rings. The largest absolute Gasteiger partial charge is 0.385 e. The maximum absolute atomic E-state index is 13.2. The predicted molar refractivity (Wildman–Crippen MR) is 171 cm³/mol. The summed E-state index contributed by atoms with van der Waals surface area (Å²) >= 11 is 0. The highest BCUT2D eigenvalue weighted by Crippen LogP contribution is 2.37. The summed E-state index contributed by atoms with van der Waals surface area (Å²) in [5.41, 5.74) is 11.4. The van der Waals surface area contributed by atoms with Gasteiger partial charge >= 0.3 is 0 Å². The first-order valence-corrected chi connectivity index (χ1v) is 14.9. The number of aliphatic hydroxyl groups is 1. The highest BCUT2D eigenvalue weighted by atomic mass is 16.5. The number of aryl methyl sites for hydroxylation is 1. The van der Waals surface area contributed by atoms with Crippen LogP contribution in [0.15, 0.2) is 84.4 Å². The van der Waals surface area contributed by atoms with Crippen molar-refractivity contribution in [2.75, 3.05) is 12.8 Å². The van der Waals surface area contributed by atoms with Crippen LogP contribution in [0.3, 0.4) is 0 Å². The molecule has 7 rings (SSSR count). The van der Waals surface area contributed by atoms with Gasteiger partial charge in [-0.3, -0.25) is 14.2 Å². The molecule has 2 aliphatic rings. The van der Waals surface area contributed by atoms with Crippen molar-refractivity contribution in [1.29, 1.82) is 0 Å². The zero-order chi connectivity index (χ0) is 32.0. The van der Waals surface area contributed by atoms with Gasteiger partial charge in [-0.05, 0) is 79.8 Å². The van der Waals surface area contributed by atoms with E-state index in [4.69, 9.17) is 20.4 Å². The number of nitrogens with zero attached hydrogens (tertiary/aromatic N) is 6. The molecule has 12 heteroatoms. The van der Waals surface area contributed by atoms with Gasteiger partial charge in [0.05, 0.1) is 23.8 Å². The van der Waals surface area contributed by atoms with Crippen molar-refractivity contribution >= 4 is 29.2 Å². The fraction of sp³-hybridized carbons (Fsp3) is 0.235. The molecular weight excluding hydrogens is 584 g/mol. The number of nitrogens with one attached hydrogen (secondary N) is 1. The van der Waals surface area contributed by atoms with E-state index in [1.807, 2.05) is 47.2 Å². The number of anilines is 1. The van der Waals surface area contributed by atoms with E-state index in [-0.39, 0.29) is 23.9 Å². The summed E-state index contributed by atoms with van der Waals surface area (Å²) in [6.07, 6.45) is 10.5. The highest BCUT2D eigenvalue weighted by Gasteiger charge is 2.31. The van der Waals surface area contributed by atoms with Crippen LogP contribution in [-0.4, -0.2) is 59.3 Å². The van der Waals surface area contributed by atoms with Crippen molar-refractivity contribution in [3.63, 3.8) is 0 Å². The van der Waals surface area contributed by atoms with Crippen LogP contribution in [0.5, 0.6) is 0 Å². The Morgan fingerprint density at radius 2 is 2.09 bits per heavy atom. The molecule has 46 heavy (non-hydrogen) atoms. The normalized spacial score (nSPS) is 19.1. The summed E-state index contributed by atoms with van der Waals surface area (Å²) in [5, 5.41) is 17.9. The lowest BCUT2D eigenvalue weighted by molar-refractivity contribution is -0.118. The van der Waals surface area contributed by atoms with E-state index in [2.05, 4.69) is 21.5 Å². The molecule has 12 nitrogen and oxygen atoms in total. The Kier molecular flexibility index (Phi) is 7.30. The minimum Gasteiger partial charge on any atom is -0.385 e. The first kappa shape index (κ1) is 29.3. The molecule has 1 unspecified atom stereocenters. The first-order valence-electron chi connectivity index (χ1n) is 14.9. The molecule has 2 aliphatic carbocycles. The van der Waals surface area contributed by atoms with E-state index in [1.165, 1.54) is 6.08 Å². The number of carbonyl (C=O) groups is 2. The number of aldehydes is 1. The number of fused-ring (bicyclic) bond motifs is 2. The Balaban J connectivity index is 1.30. The lowest BCUT2D eigenvalue weighted by Crippen LogP contribution is -2.33. The molecular formula is C34H32N8O4. The number of benzene rings is 1. The number of carbonyl (C=O) groups excluding carboxylic acids is 2. The van der Waals surface area contributed by atoms with Gasteiger partial charge in [0, 0.05) is 48.1 Å². The molecule has 2 atom stereocenters. The average Bonchev–Trinajstić information content (AvgIpc) is 3.80. The van der Waals surface area contributed by atoms with Gasteiger partial charge in [0.25, 0.3) is 5.91 Å². The Labute approximate surface area is 264 Å². The molecule has 5 aromatic rings. The molecule has 232 valence electrons. The van der Waals surface area contributed by atoms with Crippen LogP contribution in [-0.2, 0) is 27.4 Å². The summed E-state index contributed by atoms with van der Waals surface area (Å²) in [4.78, 5) is 39.1. The van der Waals surface area contributed by atoms with E-state index in [0.717, 1.165) is 28.8 Å². The van der Waals surface area contributed by atoms with E-state index >= 15 is 0 Å². The molecule has 1 amide bonds. The van der Waals surface area contributed by atoms with Gasteiger partial charge in [0.2, 0.25) is 0 Å². The van der Waals surface area contributed by atoms with E-state index in [1.54, 1.807) is 37.2 Å². The molecule has 0 aliphatic heterocycles. The second-order valence-corrected chi connectivity index (χ2v) is 11.7. The number of nitrogens with two attached hydrogens (primary N) is 1. The molecule has 0 radical (unpaired) electrons. The fourth-order valence-electron chi connectivity index (χ4n) is 6.18. The predicted octanol–water partition coefficient (Wildman–Crippen LogP) is 3.71. The smallest absolute Gasteiger partial charge is 0.251 e. The Hall–Kier alpha value is -5.46. The number of nitrogen functional groups attached to an aromatic ring is 1. The summed E-state index contributed by atoms with van der Waals surface area (Å²) in [5.74, 6) is 1.26. The van der Waals surface area contributed by atoms with Crippen LogP contribution >= 0.6 is 0 Å². The van der Waals surface area contributed by atoms with Gasteiger partial charge < -0.3 is 20.9 Å². The van der Waals surface area contributed by atoms with Crippen LogP contribution in [0.4, 0.5) is 5.82 Å². The number of amides is 1. The first-order chi connectivity index (χ1) is 22.3. The van der Waals surface area contributed by atoms with Gasteiger partial charge in [-0.2, -0.15) is 5.10 Å². The van der Waals surface area contributed by atoms with Gasteiger partial charge in [0.15, 0.2) is 17.3 Å². The topological polar surface area (TPSA) is 163 Å². The van der Waals surface area contributed by atoms with Crippen LogP contribution in [0.1, 0.15) is 42.5 Å². The van der Waals surface area contributed by atoms with Crippen molar-refractivity contribution in [3.05, 3.63) is 101 Å². The lowest BCUT2D eigenvalue weighted by Gasteiger charge is -2.26. The third-order valence-electron chi connectivity index (χ3n) is 8.61. The van der Waals surface area contributed by atoms with Crippen LogP contribution in [0.25, 0.3) is 34.1 Å². The second kappa shape index (κ2) is 11.5. The van der Waals surface area contributed by atoms with E-state index in [0.29, 0.717) is 59.1 Å². The number of ether oxygens (including phenoxy) is 1. The van der Waals surface area contributed by atoms with Gasteiger partial charge in [-0.1, -0.05) is 12.1 Å². The number of hydrogen-bond donors (Lipinski definition) is 3. The van der Waals surface area contributed by atoms with Crippen molar-refractivity contribution < 1.29 is 19.4 Å². The Morgan fingerprint density at radius 3 is 2.85 bits per heavy atom. The van der Waals surface area contributed by atoms with Gasteiger partial charge in [-0.15, -0.1) is 0 Å². The van der Waals surface area contributed by atoms with Crippen LogP contribution in [0.2, 0.25) is 0 Å². The summed E-state index contributed by atoms with van der Waals surface area (Å²) in [6.45, 7) is 1.88.